The van der Waals surface area contributed by atoms with E-state index in [1.807, 2.05) is 60.7 Å². The lowest BCUT2D eigenvalue weighted by molar-refractivity contribution is 1.07. The van der Waals surface area contributed by atoms with Crippen molar-refractivity contribution < 1.29 is 0 Å². The highest BCUT2D eigenvalue weighted by atomic mass is 15.2. The Morgan fingerprint density at radius 1 is 0.297 bits per heavy atom. The maximum atomic E-state index is 5.12. The molecule has 1 aliphatic heterocycles. The fraction of sp³-hybridized carbons (Fsp3) is 0. The molecule has 0 unspecified atom stereocenters. The second-order valence-electron chi connectivity index (χ2n) is 16.0. The van der Waals surface area contributed by atoms with Crippen molar-refractivity contribution >= 4 is 28.0 Å². The molecule has 0 atom stereocenters. The molecule has 0 N–H and O–H groups in total. The van der Waals surface area contributed by atoms with Crippen molar-refractivity contribution in [3.8, 4) is 84.5 Å². The zero-order valence-electron chi connectivity index (χ0n) is 34.8. The number of hydrogen-bond donors (Lipinski definition) is 0. The quantitative estimate of drug-likeness (QED) is 0.161. The number of rotatable bonds is 7. The van der Waals surface area contributed by atoms with E-state index in [1.165, 1.54) is 22.1 Å². The summed E-state index contributed by atoms with van der Waals surface area (Å²) in [5, 5.41) is 1.17. The molecule has 2 aromatic heterocycles. The van der Waals surface area contributed by atoms with Crippen LogP contribution in [-0.2, 0) is 0 Å². The number of nitrogens with zero attached hydrogens (tertiary/aromatic N) is 5. The molecule has 0 aliphatic carbocycles. The normalized spacial score (nSPS) is 11.7. The Morgan fingerprint density at radius 2 is 0.734 bits per heavy atom. The molecule has 1 aliphatic rings. The molecule has 0 saturated heterocycles. The Morgan fingerprint density at radius 3 is 1.33 bits per heavy atom. The van der Waals surface area contributed by atoms with E-state index in [1.54, 1.807) is 0 Å². The van der Waals surface area contributed by atoms with Crippen molar-refractivity contribution in [3.63, 3.8) is 0 Å². The number of fused-ring (bicyclic) bond motifs is 7. The van der Waals surface area contributed by atoms with Gasteiger partial charge in [-0.2, -0.15) is 0 Å². The number of benzene rings is 9. The highest BCUT2D eigenvalue weighted by molar-refractivity contribution is 6.13. The number of para-hydroxylation sites is 3. The summed E-state index contributed by atoms with van der Waals surface area (Å²) < 4.78 is 2.43. The van der Waals surface area contributed by atoms with Crippen LogP contribution in [0.3, 0.4) is 0 Å². The van der Waals surface area contributed by atoms with Gasteiger partial charge in [0.25, 0.3) is 0 Å². The van der Waals surface area contributed by atoms with Crippen LogP contribution in [0.1, 0.15) is 0 Å². The van der Waals surface area contributed by atoms with Crippen LogP contribution in [0.25, 0.3) is 95.4 Å². The van der Waals surface area contributed by atoms with E-state index < -0.39 is 0 Å². The molecule has 9 aromatic carbocycles. The highest BCUT2D eigenvalue weighted by Gasteiger charge is 2.31. The molecule has 0 fully saturated rings. The van der Waals surface area contributed by atoms with Gasteiger partial charge in [0.2, 0.25) is 0 Å². The van der Waals surface area contributed by atoms with Gasteiger partial charge in [0.1, 0.15) is 0 Å². The first kappa shape index (κ1) is 37.1. The molecule has 300 valence electrons. The maximum Gasteiger partial charge on any atom is 0.164 e. The predicted molar refractivity (Wildman–Crippen MR) is 263 cm³/mol. The number of anilines is 3. The van der Waals surface area contributed by atoms with E-state index in [0.29, 0.717) is 17.5 Å². The minimum Gasteiger partial charge on any atom is -0.309 e. The largest absolute Gasteiger partial charge is 0.309 e. The molecule has 11 aromatic rings. The second-order valence-corrected chi connectivity index (χ2v) is 16.0. The minimum absolute atomic E-state index is 0.613. The van der Waals surface area contributed by atoms with Crippen LogP contribution >= 0.6 is 0 Å². The molecule has 0 saturated carbocycles. The first-order valence-corrected chi connectivity index (χ1v) is 21.6. The van der Waals surface area contributed by atoms with Crippen LogP contribution in [0.4, 0.5) is 17.1 Å². The average molecular weight is 818 g/mol. The Bertz CT molecular complexity index is 3370. The van der Waals surface area contributed by atoms with Gasteiger partial charge < -0.3 is 9.47 Å². The van der Waals surface area contributed by atoms with Gasteiger partial charge >= 0.3 is 0 Å². The van der Waals surface area contributed by atoms with E-state index in [0.717, 1.165) is 72.9 Å². The van der Waals surface area contributed by atoms with Crippen molar-refractivity contribution in [2.24, 2.45) is 0 Å². The van der Waals surface area contributed by atoms with E-state index in [2.05, 4.69) is 185 Å². The maximum absolute atomic E-state index is 5.12. The van der Waals surface area contributed by atoms with E-state index in [-0.39, 0.29) is 0 Å². The molecule has 64 heavy (non-hydrogen) atoms. The van der Waals surface area contributed by atoms with Gasteiger partial charge in [-0.15, -0.1) is 0 Å². The first-order chi connectivity index (χ1) is 31.7. The summed E-state index contributed by atoms with van der Waals surface area (Å²) in [7, 11) is 0. The Kier molecular flexibility index (Phi) is 9.08. The molecule has 0 bridgehead atoms. The average Bonchev–Trinajstić information content (AvgIpc) is 3.66. The zero-order chi connectivity index (χ0) is 42.4. The molecule has 0 amide bonds. The van der Waals surface area contributed by atoms with E-state index >= 15 is 0 Å². The zero-order valence-corrected chi connectivity index (χ0v) is 34.8. The summed E-state index contributed by atoms with van der Waals surface area (Å²) >= 11 is 0. The van der Waals surface area contributed by atoms with Gasteiger partial charge in [-0.1, -0.05) is 188 Å². The van der Waals surface area contributed by atoms with Gasteiger partial charge in [0, 0.05) is 50.1 Å². The molecule has 0 spiro atoms. The Labute approximate surface area is 371 Å². The van der Waals surface area contributed by atoms with Crippen LogP contribution in [-0.4, -0.2) is 19.5 Å². The topological polar surface area (TPSA) is 46.8 Å². The molecular formula is C59H39N5. The monoisotopic (exact) mass is 817 g/mol. The summed E-state index contributed by atoms with van der Waals surface area (Å²) in [5.74, 6) is 1.88. The fourth-order valence-corrected chi connectivity index (χ4v) is 9.25. The Balaban J connectivity index is 1.09. The smallest absolute Gasteiger partial charge is 0.164 e. The van der Waals surface area contributed by atoms with E-state index in [4.69, 9.17) is 15.0 Å². The third kappa shape index (κ3) is 6.46. The lowest BCUT2D eigenvalue weighted by Crippen LogP contribution is -2.11. The number of aromatic nitrogens is 4. The minimum atomic E-state index is 0.613. The second kappa shape index (κ2) is 15.7. The van der Waals surface area contributed by atoms with Gasteiger partial charge in [0.05, 0.1) is 22.6 Å². The summed E-state index contributed by atoms with van der Waals surface area (Å²) in [6.07, 6.45) is 0. The lowest BCUT2D eigenvalue weighted by atomic mass is 9.97. The highest BCUT2D eigenvalue weighted by Crippen LogP contribution is 2.55. The van der Waals surface area contributed by atoms with Crippen molar-refractivity contribution in [2.45, 2.75) is 0 Å². The third-order valence-electron chi connectivity index (χ3n) is 12.1. The van der Waals surface area contributed by atoms with E-state index in [9.17, 15) is 0 Å². The van der Waals surface area contributed by atoms with Gasteiger partial charge in [0.15, 0.2) is 17.5 Å². The lowest BCUT2D eigenvalue weighted by Gasteiger charge is -2.28. The molecule has 5 heteroatoms. The molecule has 5 nitrogen and oxygen atoms in total. The van der Waals surface area contributed by atoms with Gasteiger partial charge in [-0.05, 0) is 70.8 Å². The van der Waals surface area contributed by atoms with Crippen molar-refractivity contribution in [1.82, 2.24) is 19.5 Å². The van der Waals surface area contributed by atoms with Crippen LogP contribution < -0.4 is 4.90 Å². The molecular weight excluding hydrogens is 779 g/mol. The van der Waals surface area contributed by atoms with Crippen molar-refractivity contribution in [1.29, 1.82) is 0 Å². The first-order valence-electron chi connectivity index (χ1n) is 21.6. The molecule has 0 radical (unpaired) electrons. The summed E-state index contributed by atoms with van der Waals surface area (Å²) in [5.41, 5.74) is 17.4. The standard InChI is InChI=1S/C59H39N5/c1-5-20-40(21-6-1)45-36-46(41-22-7-2-8-23-41)39-48(38-45)63-52-33-16-13-30-49(52)55-50-31-14-17-34-53(50)64(56(55)51-32-15-18-35-54(51)63)47-29-19-28-44(37-47)59-61-57(42-24-9-3-10-25-42)60-58(62-59)43-26-11-4-12-27-43/h1-39H. The van der Waals surface area contributed by atoms with Crippen LogP contribution in [0.2, 0.25) is 0 Å². The molecule has 3 heterocycles. The number of hydrogen-bond acceptors (Lipinski definition) is 4. The SMILES string of the molecule is c1ccc(-c2cc(-c3ccccc3)cc(N3c4ccccc4-c4c(n(-c5cccc(-c6nc(-c7ccccc7)nc(-c7ccccc7)n6)c5)c5ccccc45)-c4ccccc43)c2)cc1. The Hall–Kier alpha value is -8.67. The van der Waals surface area contributed by atoms with Crippen LogP contribution in [0.15, 0.2) is 237 Å². The fourth-order valence-electron chi connectivity index (χ4n) is 9.25. The van der Waals surface area contributed by atoms with Gasteiger partial charge in [-0.3, -0.25) is 0 Å². The molecule has 12 rings (SSSR count). The summed E-state index contributed by atoms with van der Waals surface area (Å²) in [6, 6.07) is 83.8. The van der Waals surface area contributed by atoms with Gasteiger partial charge in [-0.25, -0.2) is 15.0 Å². The van der Waals surface area contributed by atoms with Crippen molar-refractivity contribution in [2.75, 3.05) is 4.90 Å². The third-order valence-corrected chi connectivity index (χ3v) is 12.1. The summed E-state index contributed by atoms with van der Waals surface area (Å²) in [4.78, 5) is 17.7. The predicted octanol–water partition coefficient (Wildman–Crippen LogP) is 15.3. The van der Waals surface area contributed by atoms with Crippen LogP contribution in [0, 0.1) is 0 Å². The summed E-state index contributed by atoms with van der Waals surface area (Å²) in [6.45, 7) is 0. The van der Waals surface area contributed by atoms with Crippen molar-refractivity contribution in [3.05, 3.63) is 237 Å². The van der Waals surface area contributed by atoms with Crippen LogP contribution in [0.5, 0.6) is 0 Å².